The van der Waals surface area contributed by atoms with Gasteiger partial charge in [-0.15, -0.1) is 0 Å². The van der Waals surface area contributed by atoms with Gasteiger partial charge in [-0.1, -0.05) is 0 Å². The van der Waals surface area contributed by atoms with E-state index in [2.05, 4.69) is 4.90 Å². The van der Waals surface area contributed by atoms with Gasteiger partial charge in [0.25, 0.3) is 0 Å². The number of sulfonamides is 1. The predicted molar refractivity (Wildman–Crippen MR) is 72.3 cm³/mol. The summed E-state index contributed by atoms with van der Waals surface area (Å²) in [7, 11) is -3.14. The summed E-state index contributed by atoms with van der Waals surface area (Å²) in [6.45, 7) is 5.51. The molecule has 1 aliphatic heterocycles. The zero-order chi connectivity index (χ0) is 14.8. The number of nitrogens with zero attached hydrogens (tertiary/aromatic N) is 2. The minimum Gasteiger partial charge on any atom is -0.480 e. The molecule has 3 N–H and O–H groups in total. The Bertz CT molecular complexity index is 427. The predicted octanol–water partition coefficient (Wildman–Crippen LogP) is -0.856. The van der Waals surface area contributed by atoms with E-state index in [0.29, 0.717) is 32.6 Å². The monoisotopic (exact) mass is 293 g/mol. The number of aliphatic carboxylic acids is 1. The smallest absolute Gasteiger partial charge is 0.323 e. The molecule has 0 saturated carbocycles. The van der Waals surface area contributed by atoms with Crippen LogP contribution < -0.4 is 5.73 Å². The molecule has 0 bridgehead atoms. The van der Waals surface area contributed by atoms with Crippen molar-refractivity contribution >= 4 is 16.0 Å². The molecule has 8 heteroatoms. The van der Waals surface area contributed by atoms with Crippen LogP contribution in [0.25, 0.3) is 0 Å². The highest BCUT2D eigenvalue weighted by Gasteiger charge is 2.33. The number of hydrogen-bond acceptors (Lipinski definition) is 5. The summed E-state index contributed by atoms with van der Waals surface area (Å²) in [4.78, 5) is 13.1. The first-order valence-electron chi connectivity index (χ1n) is 6.25. The second-order valence-corrected chi connectivity index (χ2v) is 7.46. The van der Waals surface area contributed by atoms with Crippen LogP contribution >= 0.6 is 0 Å². The lowest BCUT2D eigenvalue weighted by Gasteiger charge is -2.38. The highest BCUT2D eigenvalue weighted by molar-refractivity contribution is 7.88. The molecule has 0 aromatic heterocycles. The molecule has 1 fully saturated rings. The van der Waals surface area contributed by atoms with Gasteiger partial charge in [0.05, 0.1) is 6.26 Å². The molecular formula is C11H23N3O4S. The van der Waals surface area contributed by atoms with E-state index in [0.717, 1.165) is 0 Å². The van der Waals surface area contributed by atoms with E-state index in [4.69, 9.17) is 10.8 Å². The van der Waals surface area contributed by atoms with Crippen LogP contribution in [0.1, 0.15) is 20.3 Å². The fraction of sp³-hybridized carbons (Fsp3) is 0.909. The van der Waals surface area contributed by atoms with E-state index in [1.807, 2.05) is 6.92 Å². The van der Waals surface area contributed by atoms with Gasteiger partial charge in [0.15, 0.2) is 0 Å². The number of piperazine rings is 1. The molecule has 2 atom stereocenters. The van der Waals surface area contributed by atoms with E-state index < -0.39 is 21.5 Å². The highest BCUT2D eigenvalue weighted by atomic mass is 32.2. The van der Waals surface area contributed by atoms with E-state index in [1.54, 1.807) is 0 Å². The Kier molecular flexibility index (Phi) is 4.94. The van der Waals surface area contributed by atoms with Crippen LogP contribution in [0.4, 0.5) is 0 Å². The van der Waals surface area contributed by atoms with Crippen molar-refractivity contribution in [2.24, 2.45) is 5.73 Å². The molecule has 0 spiro atoms. The summed E-state index contributed by atoms with van der Waals surface area (Å²) < 4.78 is 24.2. The van der Waals surface area contributed by atoms with Gasteiger partial charge in [0.2, 0.25) is 10.0 Å². The zero-order valence-corrected chi connectivity index (χ0v) is 12.5. The van der Waals surface area contributed by atoms with Gasteiger partial charge >= 0.3 is 5.97 Å². The third-order valence-electron chi connectivity index (χ3n) is 3.57. The highest BCUT2D eigenvalue weighted by Crippen LogP contribution is 2.17. The lowest BCUT2D eigenvalue weighted by atomic mass is 9.94. The number of carboxylic acid groups (broad SMARTS) is 1. The van der Waals surface area contributed by atoms with Crippen LogP contribution in [0.5, 0.6) is 0 Å². The van der Waals surface area contributed by atoms with Crippen molar-refractivity contribution in [2.75, 3.05) is 32.4 Å². The quantitative estimate of drug-likeness (QED) is 0.684. The largest absolute Gasteiger partial charge is 0.480 e. The van der Waals surface area contributed by atoms with E-state index in [-0.39, 0.29) is 6.04 Å². The van der Waals surface area contributed by atoms with Crippen LogP contribution in [-0.2, 0) is 14.8 Å². The first kappa shape index (κ1) is 16.4. The number of carbonyl (C=O) groups is 1. The van der Waals surface area contributed by atoms with E-state index >= 15 is 0 Å². The first-order chi connectivity index (χ1) is 8.54. The molecule has 0 aromatic carbocycles. The Balaban J connectivity index is 2.54. The Hall–Kier alpha value is -0.700. The maximum absolute atomic E-state index is 11.4. The molecule has 0 radical (unpaired) electrons. The molecule has 7 nitrogen and oxygen atoms in total. The van der Waals surface area contributed by atoms with Crippen LogP contribution in [0.2, 0.25) is 0 Å². The molecule has 112 valence electrons. The molecule has 2 unspecified atom stereocenters. The number of rotatable bonds is 5. The minimum absolute atomic E-state index is 0.00723. The van der Waals surface area contributed by atoms with Gasteiger partial charge in [-0.3, -0.25) is 9.69 Å². The fourth-order valence-corrected chi connectivity index (χ4v) is 3.13. The molecule has 1 rings (SSSR count). The first-order valence-corrected chi connectivity index (χ1v) is 8.10. The van der Waals surface area contributed by atoms with Crippen LogP contribution in [0, 0.1) is 0 Å². The molecule has 0 amide bonds. The Morgan fingerprint density at radius 3 is 2.21 bits per heavy atom. The van der Waals surface area contributed by atoms with Crippen molar-refractivity contribution in [3.05, 3.63) is 0 Å². The SMILES string of the molecule is CC(CC(C)(N)C(=O)O)N1CCN(S(C)(=O)=O)CC1. The zero-order valence-electron chi connectivity index (χ0n) is 11.7. The minimum atomic E-state index is -3.14. The second-order valence-electron chi connectivity index (χ2n) is 5.47. The van der Waals surface area contributed by atoms with Crippen LogP contribution in [-0.4, -0.2) is 72.7 Å². The Morgan fingerprint density at radius 1 is 1.37 bits per heavy atom. The fourth-order valence-electron chi connectivity index (χ4n) is 2.31. The summed E-state index contributed by atoms with van der Waals surface area (Å²) in [6, 6.07) is 0.00723. The van der Waals surface area contributed by atoms with Crippen molar-refractivity contribution < 1.29 is 18.3 Å². The molecule has 1 aliphatic rings. The second kappa shape index (κ2) is 5.74. The lowest BCUT2D eigenvalue weighted by molar-refractivity contribution is -0.143. The average Bonchev–Trinajstić information content (AvgIpc) is 2.27. The average molecular weight is 293 g/mol. The van der Waals surface area contributed by atoms with Gasteiger partial charge in [-0.05, 0) is 20.3 Å². The van der Waals surface area contributed by atoms with E-state index in [9.17, 15) is 13.2 Å². The molecule has 0 aromatic rings. The van der Waals surface area contributed by atoms with Crippen molar-refractivity contribution in [1.82, 2.24) is 9.21 Å². The molecule has 19 heavy (non-hydrogen) atoms. The third kappa shape index (κ3) is 4.41. The molecule has 0 aliphatic carbocycles. The van der Waals surface area contributed by atoms with Crippen molar-refractivity contribution in [3.8, 4) is 0 Å². The van der Waals surface area contributed by atoms with Crippen molar-refractivity contribution in [1.29, 1.82) is 0 Å². The summed E-state index contributed by atoms with van der Waals surface area (Å²) in [5.41, 5.74) is 4.47. The van der Waals surface area contributed by atoms with E-state index in [1.165, 1.54) is 17.5 Å². The van der Waals surface area contributed by atoms with Gasteiger partial charge in [-0.25, -0.2) is 8.42 Å². The Morgan fingerprint density at radius 2 is 1.84 bits per heavy atom. The number of hydrogen-bond donors (Lipinski definition) is 2. The maximum Gasteiger partial charge on any atom is 0.323 e. The molecule has 1 heterocycles. The summed E-state index contributed by atoms with van der Waals surface area (Å²) in [5, 5.41) is 9.01. The number of carboxylic acids is 1. The third-order valence-corrected chi connectivity index (χ3v) is 4.88. The van der Waals surface area contributed by atoms with Crippen molar-refractivity contribution in [3.63, 3.8) is 0 Å². The van der Waals surface area contributed by atoms with Gasteiger partial charge < -0.3 is 10.8 Å². The van der Waals surface area contributed by atoms with Gasteiger partial charge in [0.1, 0.15) is 5.54 Å². The summed E-state index contributed by atoms with van der Waals surface area (Å²) in [6.07, 6.45) is 1.54. The van der Waals surface area contributed by atoms with Gasteiger partial charge in [0, 0.05) is 32.2 Å². The summed E-state index contributed by atoms with van der Waals surface area (Å²) >= 11 is 0. The van der Waals surface area contributed by atoms with Gasteiger partial charge in [-0.2, -0.15) is 4.31 Å². The lowest BCUT2D eigenvalue weighted by Crippen LogP contribution is -2.55. The number of nitrogens with two attached hydrogens (primary N) is 1. The maximum atomic E-state index is 11.4. The Labute approximate surface area is 114 Å². The topological polar surface area (TPSA) is 104 Å². The molecular weight excluding hydrogens is 270 g/mol. The van der Waals surface area contributed by atoms with Crippen LogP contribution in [0.3, 0.4) is 0 Å². The standard InChI is InChI=1S/C11H23N3O4S/c1-9(8-11(2,12)10(15)16)13-4-6-14(7-5-13)19(3,17)18/h9H,4-8,12H2,1-3H3,(H,15,16). The van der Waals surface area contributed by atoms with Crippen LogP contribution in [0.15, 0.2) is 0 Å². The normalized spacial score (nSPS) is 23.8. The summed E-state index contributed by atoms with van der Waals surface area (Å²) in [5.74, 6) is -1.02. The molecule has 1 saturated heterocycles. The van der Waals surface area contributed by atoms with Crippen molar-refractivity contribution in [2.45, 2.75) is 31.8 Å².